The first kappa shape index (κ1) is 13.2. The van der Waals surface area contributed by atoms with Gasteiger partial charge in [-0.05, 0) is 23.8 Å². The summed E-state index contributed by atoms with van der Waals surface area (Å²) in [7, 11) is 1.78. The summed E-state index contributed by atoms with van der Waals surface area (Å²) in [6.45, 7) is 2.49. The van der Waals surface area contributed by atoms with Gasteiger partial charge in [-0.15, -0.1) is 0 Å². The highest BCUT2D eigenvalue weighted by Crippen LogP contribution is 2.15. The standard InChI is InChI=1S/C15H18N2O2/c1-3-14-13(7-8-19-14)15(18)17(2)10-11-5-4-6-12(16)9-11/h4-9H,3,10,16H2,1-2H3. The third-order valence-corrected chi connectivity index (χ3v) is 3.01. The van der Waals surface area contributed by atoms with E-state index < -0.39 is 0 Å². The summed E-state index contributed by atoms with van der Waals surface area (Å²) in [5, 5.41) is 0. The van der Waals surface area contributed by atoms with Crippen LogP contribution in [0.3, 0.4) is 0 Å². The molecule has 0 bridgehead atoms. The first-order valence-electron chi connectivity index (χ1n) is 6.28. The molecule has 100 valence electrons. The largest absolute Gasteiger partial charge is 0.469 e. The van der Waals surface area contributed by atoms with E-state index in [0.29, 0.717) is 24.2 Å². The SMILES string of the molecule is CCc1occc1C(=O)N(C)Cc1cccc(N)c1. The topological polar surface area (TPSA) is 59.5 Å². The van der Waals surface area contributed by atoms with Crippen LogP contribution in [0.15, 0.2) is 41.0 Å². The Kier molecular flexibility index (Phi) is 3.90. The zero-order valence-electron chi connectivity index (χ0n) is 11.2. The summed E-state index contributed by atoms with van der Waals surface area (Å²) in [5.41, 5.74) is 8.08. The highest BCUT2D eigenvalue weighted by Gasteiger charge is 2.17. The van der Waals surface area contributed by atoms with Crippen molar-refractivity contribution in [2.24, 2.45) is 0 Å². The van der Waals surface area contributed by atoms with Crippen molar-refractivity contribution in [3.05, 3.63) is 53.5 Å². The van der Waals surface area contributed by atoms with Crippen LogP contribution < -0.4 is 5.73 Å². The predicted octanol–water partition coefficient (Wildman–Crippen LogP) is 2.70. The van der Waals surface area contributed by atoms with E-state index >= 15 is 0 Å². The fourth-order valence-corrected chi connectivity index (χ4v) is 2.05. The van der Waals surface area contributed by atoms with Crippen molar-refractivity contribution >= 4 is 11.6 Å². The Balaban J connectivity index is 2.12. The number of nitrogens with two attached hydrogens (primary N) is 1. The van der Waals surface area contributed by atoms with Crippen molar-refractivity contribution in [3.63, 3.8) is 0 Å². The molecule has 0 saturated heterocycles. The molecule has 1 amide bonds. The fourth-order valence-electron chi connectivity index (χ4n) is 2.05. The molecule has 2 N–H and O–H groups in total. The van der Waals surface area contributed by atoms with Gasteiger partial charge in [0.15, 0.2) is 0 Å². The molecule has 0 unspecified atom stereocenters. The Morgan fingerprint density at radius 2 is 2.16 bits per heavy atom. The number of furan rings is 1. The molecular weight excluding hydrogens is 240 g/mol. The lowest BCUT2D eigenvalue weighted by atomic mass is 10.1. The average molecular weight is 258 g/mol. The maximum absolute atomic E-state index is 12.3. The molecule has 0 saturated carbocycles. The van der Waals surface area contributed by atoms with Crippen LogP contribution in [-0.2, 0) is 13.0 Å². The first-order valence-corrected chi connectivity index (χ1v) is 6.28. The van der Waals surface area contributed by atoms with Gasteiger partial charge in [-0.3, -0.25) is 4.79 Å². The molecule has 0 atom stereocenters. The third kappa shape index (κ3) is 2.96. The van der Waals surface area contributed by atoms with E-state index in [1.165, 1.54) is 0 Å². The van der Waals surface area contributed by atoms with Crippen molar-refractivity contribution in [1.82, 2.24) is 4.90 Å². The minimum atomic E-state index is -0.0342. The van der Waals surface area contributed by atoms with Crippen molar-refractivity contribution in [2.45, 2.75) is 19.9 Å². The molecule has 2 aromatic rings. The third-order valence-electron chi connectivity index (χ3n) is 3.01. The normalized spacial score (nSPS) is 10.4. The van der Waals surface area contributed by atoms with Gasteiger partial charge >= 0.3 is 0 Å². The quantitative estimate of drug-likeness (QED) is 0.858. The van der Waals surface area contributed by atoms with Gasteiger partial charge in [-0.1, -0.05) is 19.1 Å². The number of carbonyl (C=O) groups excluding carboxylic acids is 1. The molecule has 2 rings (SSSR count). The number of amides is 1. The van der Waals surface area contributed by atoms with E-state index in [1.54, 1.807) is 24.3 Å². The van der Waals surface area contributed by atoms with E-state index in [1.807, 2.05) is 31.2 Å². The number of hydrogen-bond donors (Lipinski definition) is 1. The Bertz CT molecular complexity index is 575. The van der Waals surface area contributed by atoms with Gasteiger partial charge < -0.3 is 15.1 Å². The number of carbonyl (C=O) groups is 1. The molecule has 1 aromatic heterocycles. The van der Waals surface area contributed by atoms with Gasteiger partial charge in [0.05, 0.1) is 11.8 Å². The lowest BCUT2D eigenvalue weighted by Gasteiger charge is -2.17. The summed E-state index contributed by atoms with van der Waals surface area (Å²) in [6, 6.07) is 9.27. The molecule has 19 heavy (non-hydrogen) atoms. The molecule has 1 heterocycles. The highest BCUT2D eigenvalue weighted by molar-refractivity contribution is 5.95. The average Bonchev–Trinajstić information content (AvgIpc) is 2.86. The van der Waals surface area contributed by atoms with Gasteiger partial charge in [-0.25, -0.2) is 0 Å². The minimum absolute atomic E-state index is 0.0342. The molecule has 1 aromatic carbocycles. The van der Waals surface area contributed by atoms with Crippen LogP contribution >= 0.6 is 0 Å². The second-order valence-corrected chi connectivity index (χ2v) is 4.52. The van der Waals surface area contributed by atoms with Gasteiger partial charge in [0.2, 0.25) is 0 Å². The monoisotopic (exact) mass is 258 g/mol. The van der Waals surface area contributed by atoms with Crippen LogP contribution in [0.25, 0.3) is 0 Å². The van der Waals surface area contributed by atoms with Crippen molar-refractivity contribution < 1.29 is 9.21 Å². The van der Waals surface area contributed by atoms with E-state index in [4.69, 9.17) is 10.2 Å². The van der Waals surface area contributed by atoms with E-state index in [-0.39, 0.29) is 5.91 Å². The van der Waals surface area contributed by atoms with Crippen molar-refractivity contribution in [2.75, 3.05) is 12.8 Å². The molecular formula is C15H18N2O2. The van der Waals surface area contributed by atoms with Crippen molar-refractivity contribution in [3.8, 4) is 0 Å². The van der Waals surface area contributed by atoms with Crippen LogP contribution in [0.1, 0.15) is 28.6 Å². The summed E-state index contributed by atoms with van der Waals surface area (Å²) in [5.74, 6) is 0.692. The second kappa shape index (κ2) is 5.61. The van der Waals surface area contributed by atoms with E-state index in [0.717, 1.165) is 11.3 Å². The lowest BCUT2D eigenvalue weighted by molar-refractivity contribution is 0.0783. The highest BCUT2D eigenvalue weighted by atomic mass is 16.3. The second-order valence-electron chi connectivity index (χ2n) is 4.52. The molecule has 0 aliphatic rings. The number of aryl methyl sites for hydroxylation is 1. The number of rotatable bonds is 4. The predicted molar refractivity (Wildman–Crippen MR) is 74.7 cm³/mol. The maximum Gasteiger partial charge on any atom is 0.257 e. The molecule has 0 spiro atoms. The summed E-state index contributed by atoms with van der Waals surface area (Å²) < 4.78 is 5.29. The summed E-state index contributed by atoms with van der Waals surface area (Å²) >= 11 is 0. The van der Waals surface area contributed by atoms with Crippen LogP contribution in [0.4, 0.5) is 5.69 Å². The van der Waals surface area contributed by atoms with E-state index in [9.17, 15) is 4.79 Å². The first-order chi connectivity index (χ1) is 9.11. The van der Waals surface area contributed by atoms with Gasteiger partial charge in [0, 0.05) is 25.7 Å². The molecule has 0 aliphatic carbocycles. The summed E-state index contributed by atoms with van der Waals surface area (Å²) in [4.78, 5) is 14.0. The number of nitrogen functional groups attached to an aromatic ring is 1. The number of hydrogen-bond acceptors (Lipinski definition) is 3. The lowest BCUT2D eigenvalue weighted by Crippen LogP contribution is -2.26. The zero-order valence-corrected chi connectivity index (χ0v) is 11.2. The Labute approximate surface area is 112 Å². The Morgan fingerprint density at radius 1 is 1.37 bits per heavy atom. The molecule has 0 aliphatic heterocycles. The minimum Gasteiger partial charge on any atom is -0.469 e. The zero-order chi connectivity index (χ0) is 13.8. The molecule has 4 nitrogen and oxygen atoms in total. The van der Waals surface area contributed by atoms with Crippen LogP contribution in [0.5, 0.6) is 0 Å². The van der Waals surface area contributed by atoms with Crippen LogP contribution in [0.2, 0.25) is 0 Å². The Morgan fingerprint density at radius 3 is 2.84 bits per heavy atom. The molecule has 4 heteroatoms. The maximum atomic E-state index is 12.3. The van der Waals surface area contributed by atoms with Gasteiger partial charge in [0.25, 0.3) is 5.91 Å². The van der Waals surface area contributed by atoms with Crippen molar-refractivity contribution in [1.29, 1.82) is 0 Å². The van der Waals surface area contributed by atoms with Gasteiger partial charge in [-0.2, -0.15) is 0 Å². The number of anilines is 1. The van der Waals surface area contributed by atoms with Crippen LogP contribution in [-0.4, -0.2) is 17.9 Å². The number of benzene rings is 1. The molecule has 0 fully saturated rings. The smallest absolute Gasteiger partial charge is 0.257 e. The molecule has 0 radical (unpaired) electrons. The van der Waals surface area contributed by atoms with Gasteiger partial charge in [0.1, 0.15) is 5.76 Å². The Hall–Kier alpha value is -2.23. The van der Waals surface area contributed by atoms with Crippen LogP contribution in [0, 0.1) is 0 Å². The summed E-state index contributed by atoms with van der Waals surface area (Å²) in [6.07, 6.45) is 2.26. The number of nitrogens with zero attached hydrogens (tertiary/aromatic N) is 1. The fraction of sp³-hybridized carbons (Fsp3) is 0.267. The van der Waals surface area contributed by atoms with E-state index in [2.05, 4.69) is 0 Å².